The first-order chi connectivity index (χ1) is 14.2. The summed E-state index contributed by atoms with van der Waals surface area (Å²) in [6, 6.07) is 26.5. The van der Waals surface area contributed by atoms with Gasteiger partial charge in [0.15, 0.2) is 11.6 Å². The van der Waals surface area contributed by atoms with E-state index in [1.807, 2.05) is 60.7 Å². The zero-order valence-corrected chi connectivity index (χ0v) is 16.9. The summed E-state index contributed by atoms with van der Waals surface area (Å²) in [7, 11) is 0. The van der Waals surface area contributed by atoms with Crippen LogP contribution < -0.4 is 5.43 Å². The Hall–Kier alpha value is -3.51. The van der Waals surface area contributed by atoms with Crippen LogP contribution in [0.4, 0.5) is 5.82 Å². The molecule has 1 aromatic heterocycles. The molecule has 0 amide bonds. The Morgan fingerprint density at radius 3 is 2.28 bits per heavy atom. The Bertz CT molecular complexity index is 1130. The summed E-state index contributed by atoms with van der Waals surface area (Å²) in [5.74, 6) is 1.42. The van der Waals surface area contributed by atoms with Crippen LogP contribution in [0.2, 0.25) is 0 Å². The van der Waals surface area contributed by atoms with Crippen LogP contribution >= 0.6 is 15.9 Å². The van der Waals surface area contributed by atoms with Gasteiger partial charge in [0, 0.05) is 21.7 Å². The molecule has 2 N–H and O–H groups in total. The van der Waals surface area contributed by atoms with E-state index in [1.54, 1.807) is 30.5 Å². The average Bonchev–Trinajstić information content (AvgIpc) is 2.76. The number of phenols is 1. The van der Waals surface area contributed by atoms with Gasteiger partial charge in [0.1, 0.15) is 5.75 Å². The third-order valence-electron chi connectivity index (χ3n) is 4.18. The molecule has 0 aliphatic carbocycles. The second-order valence-corrected chi connectivity index (χ2v) is 7.21. The number of nitrogens with one attached hydrogen (secondary N) is 1. The van der Waals surface area contributed by atoms with Gasteiger partial charge in [0.05, 0.1) is 11.9 Å². The molecule has 29 heavy (non-hydrogen) atoms. The van der Waals surface area contributed by atoms with Crippen molar-refractivity contribution in [1.29, 1.82) is 0 Å². The molecule has 0 fully saturated rings. The molecule has 3 aromatic carbocycles. The van der Waals surface area contributed by atoms with Gasteiger partial charge in [-0.2, -0.15) is 5.10 Å². The largest absolute Gasteiger partial charge is 0.508 e. The van der Waals surface area contributed by atoms with Gasteiger partial charge in [0.2, 0.25) is 0 Å². The molecule has 0 spiro atoms. The monoisotopic (exact) mass is 444 g/mol. The van der Waals surface area contributed by atoms with E-state index in [0.29, 0.717) is 11.6 Å². The minimum atomic E-state index is 0.220. The number of benzene rings is 3. The molecule has 4 rings (SSSR count). The Balaban J connectivity index is 1.67. The molecule has 142 valence electrons. The molecular weight excluding hydrogens is 428 g/mol. The number of aromatic hydroxyl groups is 1. The summed E-state index contributed by atoms with van der Waals surface area (Å²) >= 11 is 3.46. The highest BCUT2D eigenvalue weighted by Gasteiger charge is 2.08. The predicted molar refractivity (Wildman–Crippen MR) is 120 cm³/mol. The molecule has 0 unspecified atom stereocenters. The Morgan fingerprint density at radius 1 is 0.828 bits per heavy atom. The third kappa shape index (κ3) is 4.86. The molecule has 0 aliphatic heterocycles. The van der Waals surface area contributed by atoms with E-state index in [9.17, 15) is 5.11 Å². The zero-order valence-electron chi connectivity index (χ0n) is 15.3. The fourth-order valence-corrected chi connectivity index (χ4v) is 2.99. The Labute approximate surface area is 176 Å². The first-order valence-corrected chi connectivity index (χ1v) is 9.75. The summed E-state index contributed by atoms with van der Waals surface area (Å²) < 4.78 is 0.998. The zero-order chi connectivity index (χ0) is 20.1. The predicted octanol–water partition coefficient (Wildman–Crippen LogP) is 5.72. The number of halogens is 1. The van der Waals surface area contributed by atoms with Crippen molar-refractivity contribution in [3.05, 3.63) is 95.0 Å². The van der Waals surface area contributed by atoms with Crippen molar-refractivity contribution in [3.8, 4) is 28.4 Å². The lowest BCUT2D eigenvalue weighted by molar-refractivity contribution is 0.475. The summed E-state index contributed by atoms with van der Waals surface area (Å²) in [6.45, 7) is 0. The molecule has 5 nitrogen and oxygen atoms in total. The SMILES string of the molecule is Oc1ccc(C=NNc2cc(-c3ccccc3)nc(-c3ccc(Br)cc3)n2)cc1. The van der Waals surface area contributed by atoms with Crippen molar-refractivity contribution in [2.75, 3.05) is 5.43 Å². The number of hydrogen-bond donors (Lipinski definition) is 2. The molecule has 0 radical (unpaired) electrons. The number of anilines is 1. The van der Waals surface area contributed by atoms with Crippen LogP contribution in [0.15, 0.2) is 94.5 Å². The molecular formula is C23H17BrN4O. The maximum Gasteiger partial charge on any atom is 0.162 e. The van der Waals surface area contributed by atoms with Crippen molar-refractivity contribution >= 4 is 28.0 Å². The minimum Gasteiger partial charge on any atom is -0.508 e. The lowest BCUT2D eigenvalue weighted by Gasteiger charge is -2.08. The van der Waals surface area contributed by atoms with Crippen LogP contribution in [0, 0.1) is 0 Å². The quantitative estimate of drug-likeness (QED) is 0.304. The van der Waals surface area contributed by atoms with Crippen LogP contribution in [0.1, 0.15) is 5.56 Å². The maximum absolute atomic E-state index is 9.37. The fourth-order valence-electron chi connectivity index (χ4n) is 2.72. The van der Waals surface area contributed by atoms with Gasteiger partial charge >= 0.3 is 0 Å². The first-order valence-electron chi connectivity index (χ1n) is 8.96. The van der Waals surface area contributed by atoms with E-state index in [2.05, 4.69) is 31.4 Å². The molecule has 0 saturated heterocycles. The van der Waals surface area contributed by atoms with Crippen LogP contribution in [0.3, 0.4) is 0 Å². The topological polar surface area (TPSA) is 70.4 Å². The third-order valence-corrected chi connectivity index (χ3v) is 4.71. The smallest absolute Gasteiger partial charge is 0.162 e. The molecule has 4 aromatic rings. The van der Waals surface area contributed by atoms with Crippen molar-refractivity contribution in [2.24, 2.45) is 5.10 Å². The summed E-state index contributed by atoms with van der Waals surface area (Å²) in [4.78, 5) is 9.35. The molecule has 1 heterocycles. The number of phenolic OH excluding ortho intramolecular Hbond substituents is 1. The maximum atomic E-state index is 9.37. The molecule has 0 atom stereocenters. The van der Waals surface area contributed by atoms with Crippen LogP contribution in [0.25, 0.3) is 22.6 Å². The number of hydrogen-bond acceptors (Lipinski definition) is 5. The first kappa shape index (κ1) is 18.8. The van der Waals surface area contributed by atoms with Gasteiger partial charge in [-0.25, -0.2) is 9.97 Å². The second kappa shape index (κ2) is 8.67. The van der Waals surface area contributed by atoms with Crippen molar-refractivity contribution in [3.63, 3.8) is 0 Å². The van der Waals surface area contributed by atoms with Crippen molar-refractivity contribution < 1.29 is 5.11 Å². The van der Waals surface area contributed by atoms with E-state index >= 15 is 0 Å². The number of hydrazone groups is 1. The highest BCUT2D eigenvalue weighted by atomic mass is 79.9. The van der Waals surface area contributed by atoms with Crippen molar-refractivity contribution in [1.82, 2.24) is 9.97 Å². The normalized spacial score (nSPS) is 10.9. The average molecular weight is 445 g/mol. The van der Waals surface area contributed by atoms with E-state index in [1.165, 1.54) is 0 Å². The fraction of sp³-hybridized carbons (Fsp3) is 0. The molecule has 0 bridgehead atoms. The highest BCUT2D eigenvalue weighted by molar-refractivity contribution is 9.10. The van der Waals surface area contributed by atoms with E-state index in [-0.39, 0.29) is 5.75 Å². The van der Waals surface area contributed by atoms with Crippen molar-refractivity contribution in [2.45, 2.75) is 0 Å². The number of rotatable bonds is 5. The van der Waals surface area contributed by atoms with Gasteiger partial charge < -0.3 is 5.11 Å². The van der Waals surface area contributed by atoms with Gasteiger partial charge in [0.25, 0.3) is 0 Å². The Morgan fingerprint density at radius 2 is 1.55 bits per heavy atom. The number of nitrogens with zero attached hydrogens (tertiary/aromatic N) is 3. The van der Waals surface area contributed by atoms with Gasteiger partial charge in [-0.1, -0.05) is 58.4 Å². The van der Waals surface area contributed by atoms with Gasteiger partial charge in [-0.15, -0.1) is 0 Å². The van der Waals surface area contributed by atoms with E-state index < -0.39 is 0 Å². The molecule has 0 aliphatic rings. The van der Waals surface area contributed by atoms with E-state index in [0.717, 1.165) is 26.9 Å². The highest BCUT2D eigenvalue weighted by Crippen LogP contribution is 2.25. The minimum absolute atomic E-state index is 0.220. The lowest BCUT2D eigenvalue weighted by atomic mass is 10.1. The molecule has 6 heteroatoms. The van der Waals surface area contributed by atoms with Gasteiger partial charge in [-0.3, -0.25) is 5.43 Å². The van der Waals surface area contributed by atoms with Gasteiger partial charge in [-0.05, 0) is 42.0 Å². The van der Waals surface area contributed by atoms with Crippen LogP contribution in [-0.4, -0.2) is 21.3 Å². The summed E-state index contributed by atoms with van der Waals surface area (Å²) in [5, 5.41) is 13.6. The summed E-state index contributed by atoms with van der Waals surface area (Å²) in [5.41, 5.74) is 6.57. The standard InChI is InChI=1S/C23H17BrN4O/c24-19-10-8-18(9-11-19)23-26-21(17-4-2-1-3-5-17)14-22(27-23)28-25-15-16-6-12-20(29)13-7-16/h1-15,29H,(H,26,27,28). The van der Waals surface area contributed by atoms with Crippen LogP contribution in [0.5, 0.6) is 5.75 Å². The molecule has 0 saturated carbocycles. The lowest BCUT2D eigenvalue weighted by Crippen LogP contribution is -1.99. The van der Waals surface area contributed by atoms with Crippen LogP contribution in [-0.2, 0) is 0 Å². The Kier molecular flexibility index (Phi) is 5.63. The summed E-state index contributed by atoms with van der Waals surface area (Å²) in [6.07, 6.45) is 1.67. The van der Waals surface area contributed by atoms with E-state index in [4.69, 9.17) is 4.98 Å². The second-order valence-electron chi connectivity index (χ2n) is 6.30. The number of aromatic nitrogens is 2.